The third kappa shape index (κ3) is 4.08. The number of rotatable bonds is 6. The molecule has 3 aromatic carbocycles. The topological polar surface area (TPSA) is 95.1 Å². The number of hydrogen-bond donors (Lipinski definition) is 2. The van der Waals surface area contributed by atoms with Crippen LogP contribution in [0.25, 0.3) is 22.2 Å². The molecule has 1 amide bonds. The van der Waals surface area contributed by atoms with E-state index in [-0.39, 0.29) is 5.91 Å². The molecule has 8 heteroatoms. The van der Waals surface area contributed by atoms with Crippen LogP contribution in [0.15, 0.2) is 71.9 Å². The zero-order valence-corrected chi connectivity index (χ0v) is 17.4. The van der Waals surface area contributed by atoms with Gasteiger partial charge in [0, 0.05) is 11.3 Å². The predicted molar refractivity (Wildman–Crippen MR) is 120 cm³/mol. The van der Waals surface area contributed by atoms with E-state index in [1.807, 2.05) is 73.7 Å². The van der Waals surface area contributed by atoms with Crippen LogP contribution in [-0.2, 0) is 4.79 Å². The Morgan fingerprint density at radius 1 is 1.07 bits per heavy atom. The van der Waals surface area contributed by atoms with Crippen LogP contribution in [0, 0.1) is 0 Å². The summed E-state index contributed by atoms with van der Waals surface area (Å²) in [7, 11) is 1.61. The standard InChI is InChI=1S/C22H21N5O2S/c1-14(21(28)24-18-10-7-15-5-3-4-6-17(15)13-18)30-22-26-25-20(27(22)23)16-8-11-19(29-2)12-9-16/h3-14H,23H2,1-2H3,(H,24,28). The Morgan fingerprint density at radius 3 is 2.53 bits per heavy atom. The molecule has 3 N–H and O–H groups in total. The van der Waals surface area contributed by atoms with Crippen LogP contribution >= 0.6 is 11.8 Å². The Balaban J connectivity index is 1.45. The molecule has 0 saturated carbocycles. The van der Waals surface area contributed by atoms with Crippen molar-refractivity contribution in [3.05, 3.63) is 66.7 Å². The van der Waals surface area contributed by atoms with E-state index in [1.54, 1.807) is 7.11 Å². The molecule has 4 rings (SSSR count). The summed E-state index contributed by atoms with van der Waals surface area (Å²) >= 11 is 1.25. The minimum absolute atomic E-state index is 0.135. The van der Waals surface area contributed by atoms with Crippen molar-refractivity contribution in [2.24, 2.45) is 0 Å². The predicted octanol–water partition coefficient (Wildman–Crippen LogP) is 3.94. The molecule has 30 heavy (non-hydrogen) atoms. The minimum atomic E-state index is -0.410. The molecule has 1 heterocycles. The molecule has 0 radical (unpaired) electrons. The molecular weight excluding hydrogens is 398 g/mol. The van der Waals surface area contributed by atoms with Crippen LogP contribution in [0.5, 0.6) is 5.75 Å². The number of anilines is 1. The van der Waals surface area contributed by atoms with Crippen molar-refractivity contribution in [1.82, 2.24) is 14.9 Å². The van der Waals surface area contributed by atoms with Crippen LogP contribution in [0.1, 0.15) is 6.92 Å². The molecule has 0 spiro atoms. The normalized spacial score (nSPS) is 11.9. The second-order valence-corrected chi connectivity index (χ2v) is 8.02. The lowest BCUT2D eigenvalue weighted by Crippen LogP contribution is -2.23. The van der Waals surface area contributed by atoms with Crippen molar-refractivity contribution in [3.63, 3.8) is 0 Å². The first kappa shape index (κ1) is 19.8. The summed E-state index contributed by atoms with van der Waals surface area (Å²) in [4.78, 5) is 12.7. The highest BCUT2D eigenvalue weighted by molar-refractivity contribution is 8.00. The average Bonchev–Trinajstić information content (AvgIpc) is 3.13. The highest BCUT2D eigenvalue weighted by Gasteiger charge is 2.20. The number of fused-ring (bicyclic) bond motifs is 1. The lowest BCUT2D eigenvalue weighted by molar-refractivity contribution is -0.115. The number of thioether (sulfide) groups is 1. The summed E-state index contributed by atoms with van der Waals surface area (Å²) in [6.07, 6.45) is 0. The molecule has 1 aromatic heterocycles. The largest absolute Gasteiger partial charge is 0.497 e. The fourth-order valence-corrected chi connectivity index (χ4v) is 3.79. The Morgan fingerprint density at radius 2 is 1.80 bits per heavy atom. The molecule has 0 aliphatic carbocycles. The quantitative estimate of drug-likeness (QED) is 0.363. The van der Waals surface area contributed by atoms with E-state index >= 15 is 0 Å². The number of carbonyl (C=O) groups is 1. The Kier molecular flexibility index (Phi) is 5.58. The van der Waals surface area contributed by atoms with Gasteiger partial charge in [-0.1, -0.05) is 42.1 Å². The van der Waals surface area contributed by atoms with Crippen molar-refractivity contribution in [3.8, 4) is 17.1 Å². The van der Waals surface area contributed by atoms with E-state index in [4.69, 9.17) is 10.6 Å². The van der Waals surface area contributed by atoms with Gasteiger partial charge in [-0.15, -0.1) is 10.2 Å². The van der Waals surface area contributed by atoms with E-state index in [0.29, 0.717) is 11.0 Å². The zero-order chi connectivity index (χ0) is 21.1. The van der Waals surface area contributed by atoms with Gasteiger partial charge in [-0.2, -0.15) is 0 Å². The first-order valence-electron chi connectivity index (χ1n) is 9.36. The minimum Gasteiger partial charge on any atom is -0.497 e. The van der Waals surface area contributed by atoms with Gasteiger partial charge in [0.1, 0.15) is 5.75 Å². The van der Waals surface area contributed by atoms with E-state index < -0.39 is 5.25 Å². The summed E-state index contributed by atoms with van der Waals surface area (Å²) in [5.74, 6) is 7.30. The van der Waals surface area contributed by atoms with Crippen molar-refractivity contribution in [2.45, 2.75) is 17.3 Å². The van der Waals surface area contributed by atoms with Gasteiger partial charge in [-0.3, -0.25) is 4.79 Å². The van der Waals surface area contributed by atoms with Crippen molar-refractivity contribution in [1.29, 1.82) is 0 Å². The van der Waals surface area contributed by atoms with Crippen LogP contribution in [0.2, 0.25) is 0 Å². The molecule has 0 bridgehead atoms. The summed E-state index contributed by atoms with van der Waals surface area (Å²) in [6.45, 7) is 1.81. The van der Waals surface area contributed by atoms with Gasteiger partial charge >= 0.3 is 0 Å². The molecule has 0 fully saturated rings. The number of ether oxygens (including phenoxy) is 1. The van der Waals surface area contributed by atoms with E-state index in [9.17, 15) is 4.79 Å². The molecular formula is C22H21N5O2S. The van der Waals surface area contributed by atoms with Crippen molar-refractivity contribution >= 4 is 34.1 Å². The third-order valence-corrected chi connectivity index (χ3v) is 5.74. The summed E-state index contributed by atoms with van der Waals surface area (Å²) in [6, 6.07) is 21.2. The summed E-state index contributed by atoms with van der Waals surface area (Å²) in [5.41, 5.74) is 1.56. The number of carbonyl (C=O) groups excluding carboxylic acids is 1. The number of aromatic nitrogens is 3. The monoisotopic (exact) mass is 419 g/mol. The zero-order valence-electron chi connectivity index (χ0n) is 16.6. The van der Waals surface area contributed by atoms with Gasteiger partial charge in [0.05, 0.1) is 12.4 Å². The first-order chi connectivity index (χ1) is 14.5. The first-order valence-corrected chi connectivity index (χ1v) is 10.2. The number of nitrogens with zero attached hydrogens (tertiary/aromatic N) is 3. The van der Waals surface area contributed by atoms with Gasteiger partial charge in [-0.05, 0) is 54.1 Å². The molecule has 1 unspecified atom stereocenters. The molecule has 0 aliphatic heterocycles. The molecule has 4 aromatic rings. The molecule has 0 aliphatic rings. The van der Waals surface area contributed by atoms with E-state index in [1.165, 1.54) is 16.4 Å². The number of nitrogen functional groups attached to an aromatic ring is 1. The fraction of sp³-hybridized carbons (Fsp3) is 0.136. The highest BCUT2D eigenvalue weighted by atomic mass is 32.2. The van der Waals surface area contributed by atoms with Crippen LogP contribution in [0.4, 0.5) is 5.69 Å². The van der Waals surface area contributed by atoms with E-state index in [0.717, 1.165) is 27.8 Å². The number of methoxy groups -OCH3 is 1. The van der Waals surface area contributed by atoms with Crippen molar-refractivity contribution < 1.29 is 9.53 Å². The number of nitrogens with one attached hydrogen (secondary N) is 1. The van der Waals surface area contributed by atoms with Crippen LogP contribution in [0.3, 0.4) is 0 Å². The third-order valence-electron chi connectivity index (χ3n) is 4.68. The second kappa shape index (κ2) is 8.46. The highest BCUT2D eigenvalue weighted by Crippen LogP contribution is 2.27. The van der Waals surface area contributed by atoms with Gasteiger partial charge in [0.15, 0.2) is 5.82 Å². The average molecular weight is 420 g/mol. The lowest BCUT2D eigenvalue weighted by Gasteiger charge is -2.12. The molecule has 0 saturated heterocycles. The number of hydrogen-bond acceptors (Lipinski definition) is 6. The Hall–Kier alpha value is -3.52. The second-order valence-electron chi connectivity index (χ2n) is 6.72. The molecule has 7 nitrogen and oxygen atoms in total. The van der Waals surface area contributed by atoms with Gasteiger partial charge < -0.3 is 15.9 Å². The maximum Gasteiger partial charge on any atom is 0.237 e. The van der Waals surface area contributed by atoms with E-state index in [2.05, 4.69) is 15.5 Å². The SMILES string of the molecule is COc1ccc(-c2nnc(SC(C)C(=O)Nc3ccc4ccccc4c3)n2N)cc1. The molecule has 152 valence electrons. The number of nitrogens with two attached hydrogens (primary N) is 1. The van der Waals surface area contributed by atoms with Gasteiger partial charge in [-0.25, -0.2) is 4.68 Å². The lowest BCUT2D eigenvalue weighted by atomic mass is 10.1. The number of amides is 1. The molecule has 1 atom stereocenters. The van der Waals surface area contributed by atoms with Gasteiger partial charge in [0.2, 0.25) is 11.1 Å². The Bertz CT molecular complexity index is 1190. The van der Waals surface area contributed by atoms with Crippen molar-refractivity contribution in [2.75, 3.05) is 18.3 Å². The van der Waals surface area contributed by atoms with Gasteiger partial charge in [0.25, 0.3) is 0 Å². The van der Waals surface area contributed by atoms with Crippen LogP contribution in [-0.4, -0.2) is 33.1 Å². The maximum absolute atomic E-state index is 12.7. The fourth-order valence-electron chi connectivity index (χ4n) is 3.02. The Labute approximate surface area is 178 Å². The van der Waals surface area contributed by atoms with Crippen LogP contribution < -0.4 is 15.9 Å². The smallest absolute Gasteiger partial charge is 0.237 e. The number of benzene rings is 3. The summed E-state index contributed by atoms with van der Waals surface area (Å²) in [5, 5.41) is 13.5. The maximum atomic E-state index is 12.7. The summed E-state index contributed by atoms with van der Waals surface area (Å²) < 4.78 is 6.56.